The van der Waals surface area contributed by atoms with Crippen LogP contribution >= 0.6 is 15.9 Å². The Balaban J connectivity index is 2.50. The van der Waals surface area contributed by atoms with Gasteiger partial charge in [0.15, 0.2) is 0 Å². The summed E-state index contributed by atoms with van der Waals surface area (Å²) >= 11 is 3.12. The molecular weight excluding hydrogens is 277 g/mol. The minimum absolute atomic E-state index is 0.0101. The van der Waals surface area contributed by atoms with Crippen molar-refractivity contribution in [2.75, 3.05) is 20.3 Å². The van der Waals surface area contributed by atoms with Gasteiger partial charge in [-0.25, -0.2) is 4.39 Å². The zero-order valence-electron chi connectivity index (χ0n) is 9.04. The number of ether oxygens (including phenoxy) is 1. The standard InChI is InChI=1S/C11H15BrFNO2/c1-16-7-9(6-15)14-5-8-2-3-11(13)10(12)4-8/h2-4,9,14-15H,5-7H2,1H3. The van der Waals surface area contributed by atoms with E-state index in [1.165, 1.54) is 6.07 Å². The van der Waals surface area contributed by atoms with Crippen molar-refractivity contribution >= 4 is 15.9 Å². The molecule has 0 radical (unpaired) electrons. The minimum Gasteiger partial charge on any atom is -0.395 e. The summed E-state index contributed by atoms with van der Waals surface area (Å²) in [6.07, 6.45) is 0. The topological polar surface area (TPSA) is 41.5 Å². The second-order valence-corrected chi connectivity index (χ2v) is 4.32. The highest BCUT2D eigenvalue weighted by molar-refractivity contribution is 9.10. The summed E-state index contributed by atoms with van der Waals surface area (Å²) in [6, 6.07) is 4.72. The Hall–Kier alpha value is -0.490. The first-order chi connectivity index (χ1) is 7.67. The molecule has 0 bridgehead atoms. The molecular formula is C11H15BrFNO2. The fraction of sp³-hybridized carbons (Fsp3) is 0.455. The zero-order chi connectivity index (χ0) is 12.0. The number of hydrogen-bond acceptors (Lipinski definition) is 3. The predicted octanol–water partition coefficient (Wildman–Crippen LogP) is 1.69. The molecule has 0 aliphatic rings. The summed E-state index contributed by atoms with van der Waals surface area (Å²) in [5.41, 5.74) is 0.947. The molecule has 3 nitrogen and oxygen atoms in total. The average Bonchev–Trinajstić information content (AvgIpc) is 2.28. The Bertz CT molecular complexity index is 336. The van der Waals surface area contributed by atoms with E-state index in [0.717, 1.165) is 5.56 Å². The van der Waals surface area contributed by atoms with Crippen LogP contribution in [0.15, 0.2) is 22.7 Å². The molecule has 1 aromatic carbocycles. The van der Waals surface area contributed by atoms with Crippen LogP contribution in [0.3, 0.4) is 0 Å². The summed E-state index contributed by atoms with van der Waals surface area (Å²) in [7, 11) is 1.58. The van der Waals surface area contributed by atoms with E-state index in [1.807, 2.05) is 0 Å². The van der Waals surface area contributed by atoms with Gasteiger partial charge in [-0.2, -0.15) is 0 Å². The largest absolute Gasteiger partial charge is 0.395 e. The maximum atomic E-state index is 13.0. The maximum absolute atomic E-state index is 13.0. The summed E-state index contributed by atoms with van der Waals surface area (Å²) in [5.74, 6) is -0.278. The second kappa shape index (κ2) is 6.96. The van der Waals surface area contributed by atoms with Crippen molar-refractivity contribution < 1.29 is 14.2 Å². The molecule has 0 saturated heterocycles. The van der Waals surface area contributed by atoms with Crippen LogP contribution in [0.25, 0.3) is 0 Å². The Morgan fingerprint density at radius 2 is 2.31 bits per heavy atom. The van der Waals surface area contributed by atoms with Crippen LogP contribution in [-0.2, 0) is 11.3 Å². The average molecular weight is 292 g/mol. The van der Waals surface area contributed by atoms with E-state index < -0.39 is 0 Å². The molecule has 5 heteroatoms. The molecule has 2 N–H and O–H groups in total. The number of nitrogens with one attached hydrogen (secondary N) is 1. The Labute approximate surface area is 103 Å². The van der Waals surface area contributed by atoms with Crippen molar-refractivity contribution in [3.63, 3.8) is 0 Å². The predicted molar refractivity (Wildman–Crippen MR) is 63.7 cm³/mol. The first-order valence-corrected chi connectivity index (χ1v) is 5.73. The number of methoxy groups -OCH3 is 1. The molecule has 16 heavy (non-hydrogen) atoms. The van der Waals surface area contributed by atoms with Crippen molar-refractivity contribution in [2.45, 2.75) is 12.6 Å². The molecule has 0 spiro atoms. The number of halogens is 2. The van der Waals surface area contributed by atoms with Gasteiger partial charge in [-0.1, -0.05) is 6.07 Å². The molecule has 0 heterocycles. The van der Waals surface area contributed by atoms with E-state index in [-0.39, 0.29) is 18.5 Å². The molecule has 0 amide bonds. The summed E-state index contributed by atoms with van der Waals surface area (Å²) in [4.78, 5) is 0. The van der Waals surface area contributed by atoms with Gasteiger partial charge >= 0.3 is 0 Å². The van der Waals surface area contributed by atoms with Gasteiger partial charge in [0.25, 0.3) is 0 Å². The second-order valence-electron chi connectivity index (χ2n) is 3.46. The molecule has 0 aromatic heterocycles. The SMILES string of the molecule is COCC(CO)NCc1ccc(F)c(Br)c1. The van der Waals surface area contributed by atoms with Crippen LogP contribution in [-0.4, -0.2) is 31.5 Å². The van der Waals surface area contributed by atoms with Gasteiger partial charge in [-0.3, -0.25) is 0 Å². The highest BCUT2D eigenvalue weighted by Crippen LogP contribution is 2.16. The summed E-state index contributed by atoms with van der Waals surface area (Å²) < 4.78 is 18.3. The van der Waals surface area contributed by atoms with E-state index in [9.17, 15) is 4.39 Å². The van der Waals surface area contributed by atoms with E-state index in [2.05, 4.69) is 21.2 Å². The first kappa shape index (κ1) is 13.6. The van der Waals surface area contributed by atoms with Crippen LogP contribution < -0.4 is 5.32 Å². The molecule has 1 rings (SSSR count). The van der Waals surface area contributed by atoms with Gasteiger partial charge in [0, 0.05) is 13.7 Å². The first-order valence-electron chi connectivity index (χ1n) is 4.94. The van der Waals surface area contributed by atoms with Crippen molar-refractivity contribution in [2.24, 2.45) is 0 Å². The Morgan fingerprint density at radius 3 is 2.88 bits per heavy atom. The normalized spacial score (nSPS) is 12.8. The van der Waals surface area contributed by atoms with Crippen LogP contribution in [0.1, 0.15) is 5.56 Å². The third-order valence-corrected chi connectivity index (χ3v) is 2.77. The zero-order valence-corrected chi connectivity index (χ0v) is 10.6. The van der Waals surface area contributed by atoms with Gasteiger partial charge in [-0.05, 0) is 33.6 Å². The number of benzene rings is 1. The lowest BCUT2D eigenvalue weighted by molar-refractivity contribution is 0.128. The highest BCUT2D eigenvalue weighted by atomic mass is 79.9. The van der Waals surface area contributed by atoms with Gasteiger partial charge < -0.3 is 15.2 Å². The quantitative estimate of drug-likeness (QED) is 0.838. The maximum Gasteiger partial charge on any atom is 0.137 e. The molecule has 0 aliphatic carbocycles. The number of aliphatic hydroxyl groups excluding tert-OH is 1. The fourth-order valence-electron chi connectivity index (χ4n) is 1.29. The van der Waals surface area contributed by atoms with Gasteiger partial charge in [0.2, 0.25) is 0 Å². The van der Waals surface area contributed by atoms with Crippen molar-refractivity contribution in [1.82, 2.24) is 5.32 Å². The van der Waals surface area contributed by atoms with Crippen LogP contribution in [0, 0.1) is 5.82 Å². The lowest BCUT2D eigenvalue weighted by atomic mass is 10.2. The Morgan fingerprint density at radius 1 is 1.56 bits per heavy atom. The molecule has 1 unspecified atom stereocenters. The monoisotopic (exact) mass is 291 g/mol. The van der Waals surface area contributed by atoms with Crippen LogP contribution in [0.4, 0.5) is 4.39 Å². The molecule has 0 fully saturated rings. The van der Waals surface area contributed by atoms with E-state index in [1.54, 1.807) is 19.2 Å². The third kappa shape index (κ3) is 4.17. The fourth-order valence-corrected chi connectivity index (χ4v) is 1.72. The molecule has 1 aromatic rings. The number of hydrogen-bond donors (Lipinski definition) is 2. The number of aliphatic hydroxyl groups is 1. The minimum atomic E-state index is -0.278. The summed E-state index contributed by atoms with van der Waals surface area (Å²) in [6.45, 7) is 1.02. The van der Waals surface area contributed by atoms with Crippen molar-refractivity contribution in [3.05, 3.63) is 34.1 Å². The van der Waals surface area contributed by atoms with E-state index >= 15 is 0 Å². The van der Waals surface area contributed by atoms with Gasteiger partial charge in [0.05, 0.1) is 23.7 Å². The molecule has 90 valence electrons. The molecule has 1 atom stereocenters. The van der Waals surface area contributed by atoms with Crippen LogP contribution in [0.5, 0.6) is 0 Å². The highest BCUT2D eigenvalue weighted by Gasteiger charge is 2.06. The number of rotatable bonds is 6. The molecule has 0 saturated carbocycles. The van der Waals surface area contributed by atoms with Gasteiger partial charge in [-0.15, -0.1) is 0 Å². The third-order valence-electron chi connectivity index (χ3n) is 2.17. The lowest BCUT2D eigenvalue weighted by Gasteiger charge is -2.15. The van der Waals surface area contributed by atoms with Crippen molar-refractivity contribution in [1.29, 1.82) is 0 Å². The lowest BCUT2D eigenvalue weighted by Crippen LogP contribution is -2.35. The smallest absolute Gasteiger partial charge is 0.137 e. The Kier molecular flexibility index (Phi) is 5.90. The molecule has 0 aliphatic heterocycles. The van der Waals surface area contributed by atoms with Crippen molar-refractivity contribution in [3.8, 4) is 0 Å². The van der Waals surface area contributed by atoms with Gasteiger partial charge in [0.1, 0.15) is 5.82 Å². The van der Waals surface area contributed by atoms with E-state index in [4.69, 9.17) is 9.84 Å². The van der Waals surface area contributed by atoms with E-state index in [0.29, 0.717) is 17.6 Å². The van der Waals surface area contributed by atoms with Crippen LogP contribution in [0.2, 0.25) is 0 Å². The summed E-state index contributed by atoms with van der Waals surface area (Å²) in [5, 5.41) is 12.1.